The number of nitrogens with zero attached hydrogens (tertiary/aromatic N) is 2. The standard InChI is InChI=1S/C19H17ClN2OS/c1-3-10-22(13-15-6-4-14(12-21)5-7-15)19(23)17-11-16(24-2)8-9-18(17)20/h3-9,11H,1,10,13H2,2H3. The third-order valence-corrected chi connectivity index (χ3v) is 4.55. The second-order valence-corrected chi connectivity index (χ2v) is 6.42. The van der Waals surface area contributed by atoms with Gasteiger partial charge in [-0.2, -0.15) is 5.26 Å². The maximum absolute atomic E-state index is 12.9. The summed E-state index contributed by atoms with van der Waals surface area (Å²) in [4.78, 5) is 15.5. The molecule has 0 unspecified atom stereocenters. The van der Waals surface area contributed by atoms with Crippen LogP contribution in [0.3, 0.4) is 0 Å². The van der Waals surface area contributed by atoms with Crippen LogP contribution >= 0.6 is 23.4 Å². The first-order valence-corrected chi connectivity index (χ1v) is 8.92. The van der Waals surface area contributed by atoms with Gasteiger partial charge in [0.2, 0.25) is 0 Å². The molecule has 0 aliphatic carbocycles. The lowest BCUT2D eigenvalue weighted by Crippen LogP contribution is -2.31. The molecule has 2 aromatic carbocycles. The normalized spacial score (nSPS) is 10.0. The first-order valence-electron chi connectivity index (χ1n) is 7.31. The number of carbonyl (C=O) groups is 1. The molecule has 0 aliphatic heterocycles. The highest BCUT2D eigenvalue weighted by molar-refractivity contribution is 7.98. The lowest BCUT2D eigenvalue weighted by Gasteiger charge is -2.22. The van der Waals surface area contributed by atoms with Gasteiger partial charge in [0.15, 0.2) is 0 Å². The molecule has 0 fully saturated rings. The Morgan fingerprint density at radius 2 is 2.04 bits per heavy atom. The maximum Gasteiger partial charge on any atom is 0.255 e. The van der Waals surface area contributed by atoms with Crippen LogP contribution in [0.4, 0.5) is 0 Å². The fraction of sp³-hybridized carbons (Fsp3) is 0.158. The highest BCUT2D eigenvalue weighted by atomic mass is 35.5. The molecule has 1 amide bonds. The van der Waals surface area contributed by atoms with Crippen LogP contribution in [0, 0.1) is 11.3 Å². The monoisotopic (exact) mass is 356 g/mol. The number of amides is 1. The molecule has 0 bridgehead atoms. The third-order valence-electron chi connectivity index (χ3n) is 3.50. The van der Waals surface area contributed by atoms with Crippen LogP contribution in [0.15, 0.2) is 60.0 Å². The van der Waals surface area contributed by atoms with E-state index < -0.39 is 0 Å². The van der Waals surface area contributed by atoms with Crippen LogP contribution in [0.2, 0.25) is 5.02 Å². The Morgan fingerprint density at radius 1 is 1.33 bits per heavy atom. The SMILES string of the molecule is C=CCN(Cc1ccc(C#N)cc1)C(=O)c1cc(SC)ccc1Cl. The molecule has 0 N–H and O–H groups in total. The predicted molar refractivity (Wildman–Crippen MR) is 99.3 cm³/mol. The minimum absolute atomic E-state index is 0.139. The van der Waals surface area contributed by atoms with Crippen LogP contribution in [0.5, 0.6) is 0 Å². The van der Waals surface area contributed by atoms with E-state index in [1.807, 2.05) is 30.5 Å². The van der Waals surface area contributed by atoms with Crippen LogP contribution in [0.1, 0.15) is 21.5 Å². The Balaban J connectivity index is 2.27. The van der Waals surface area contributed by atoms with Gasteiger partial charge in [0.05, 0.1) is 22.2 Å². The Kier molecular flexibility index (Phi) is 6.48. The summed E-state index contributed by atoms with van der Waals surface area (Å²) in [5.41, 5.74) is 2.02. The van der Waals surface area contributed by atoms with E-state index in [0.29, 0.717) is 29.2 Å². The molecule has 3 nitrogen and oxygen atoms in total. The molecule has 0 saturated heterocycles. The average molecular weight is 357 g/mol. The van der Waals surface area contributed by atoms with Crippen molar-refractivity contribution in [2.24, 2.45) is 0 Å². The van der Waals surface area contributed by atoms with E-state index in [1.54, 1.807) is 40.9 Å². The zero-order valence-corrected chi connectivity index (χ0v) is 14.9. The van der Waals surface area contributed by atoms with Gasteiger partial charge in [-0.15, -0.1) is 18.3 Å². The van der Waals surface area contributed by atoms with Gasteiger partial charge in [-0.05, 0) is 42.2 Å². The summed E-state index contributed by atoms with van der Waals surface area (Å²) in [5, 5.41) is 9.30. The molecule has 0 saturated carbocycles. The van der Waals surface area contributed by atoms with E-state index in [1.165, 1.54) is 0 Å². The Morgan fingerprint density at radius 3 is 2.62 bits per heavy atom. The number of halogens is 1. The fourth-order valence-corrected chi connectivity index (χ4v) is 2.88. The largest absolute Gasteiger partial charge is 0.331 e. The second kappa shape index (κ2) is 8.58. The van der Waals surface area contributed by atoms with Crippen LogP contribution in [0.25, 0.3) is 0 Å². The fourth-order valence-electron chi connectivity index (χ4n) is 2.25. The molecule has 2 rings (SSSR count). The summed E-state index contributed by atoms with van der Waals surface area (Å²) >= 11 is 7.78. The van der Waals surface area contributed by atoms with Gasteiger partial charge >= 0.3 is 0 Å². The minimum atomic E-state index is -0.139. The van der Waals surface area contributed by atoms with Gasteiger partial charge in [-0.25, -0.2) is 0 Å². The number of hydrogen-bond acceptors (Lipinski definition) is 3. The molecular weight excluding hydrogens is 340 g/mol. The number of thioether (sulfide) groups is 1. The van der Waals surface area contributed by atoms with Crippen molar-refractivity contribution in [1.29, 1.82) is 5.26 Å². The first-order chi connectivity index (χ1) is 11.6. The van der Waals surface area contributed by atoms with E-state index in [4.69, 9.17) is 16.9 Å². The summed E-state index contributed by atoms with van der Waals surface area (Å²) in [7, 11) is 0. The second-order valence-electron chi connectivity index (χ2n) is 5.13. The summed E-state index contributed by atoms with van der Waals surface area (Å²) in [6.45, 7) is 4.57. The molecule has 0 atom stereocenters. The van der Waals surface area contributed by atoms with E-state index in [0.717, 1.165) is 10.5 Å². The molecule has 5 heteroatoms. The lowest BCUT2D eigenvalue weighted by atomic mass is 10.1. The van der Waals surface area contributed by atoms with Crippen molar-refractivity contribution >= 4 is 29.3 Å². The molecule has 0 aliphatic rings. The highest BCUT2D eigenvalue weighted by Crippen LogP contribution is 2.25. The minimum Gasteiger partial charge on any atom is -0.331 e. The quantitative estimate of drug-likeness (QED) is 0.553. The predicted octanol–water partition coefficient (Wildman–Crippen LogP) is 4.76. The van der Waals surface area contributed by atoms with Crippen molar-refractivity contribution in [3.63, 3.8) is 0 Å². The van der Waals surface area contributed by atoms with E-state index >= 15 is 0 Å². The number of rotatable bonds is 6. The van der Waals surface area contributed by atoms with Crippen molar-refractivity contribution in [2.45, 2.75) is 11.4 Å². The van der Waals surface area contributed by atoms with Gasteiger partial charge in [0.25, 0.3) is 5.91 Å². The first kappa shape index (κ1) is 18.1. The Labute approximate surface area is 151 Å². The Bertz CT molecular complexity index is 781. The van der Waals surface area contributed by atoms with Crippen molar-refractivity contribution in [1.82, 2.24) is 4.90 Å². The zero-order valence-electron chi connectivity index (χ0n) is 13.3. The van der Waals surface area contributed by atoms with Gasteiger partial charge in [0.1, 0.15) is 0 Å². The van der Waals surface area contributed by atoms with Crippen molar-refractivity contribution in [3.8, 4) is 6.07 Å². The Hall–Kier alpha value is -2.22. The molecule has 0 heterocycles. The topological polar surface area (TPSA) is 44.1 Å². The number of hydrogen-bond donors (Lipinski definition) is 0. The molecular formula is C19H17ClN2OS. The summed E-state index contributed by atoms with van der Waals surface area (Å²) < 4.78 is 0. The molecule has 122 valence electrons. The summed E-state index contributed by atoms with van der Waals surface area (Å²) in [6, 6.07) is 14.7. The third kappa shape index (κ3) is 4.41. The van der Waals surface area contributed by atoms with Crippen LogP contribution in [-0.2, 0) is 6.54 Å². The summed E-state index contributed by atoms with van der Waals surface area (Å²) in [6.07, 6.45) is 3.64. The van der Waals surface area contributed by atoms with Gasteiger partial charge in [0, 0.05) is 18.0 Å². The van der Waals surface area contributed by atoms with Crippen molar-refractivity contribution in [3.05, 3.63) is 76.8 Å². The van der Waals surface area contributed by atoms with E-state index in [-0.39, 0.29) is 5.91 Å². The van der Waals surface area contributed by atoms with E-state index in [2.05, 4.69) is 12.6 Å². The van der Waals surface area contributed by atoms with Crippen molar-refractivity contribution < 1.29 is 4.79 Å². The molecule has 0 radical (unpaired) electrons. The van der Waals surface area contributed by atoms with Crippen LogP contribution < -0.4 is 0 Å². The number of benzene rings is 2. The van der Waals surface area contributed by atoms with Crippen LogP contribution in [-0.4, -0.2) is 23.6 Å². The van der Waals surface area contributed by atoms with Gasteiger partial charge < -0.3 is 4.90 Å². The molecule has 24 heavy (non-hydrogen) atoms. The van der Waals surface area contributed by atoms with Gasteiger partial charge in [-0.3, -0.25) is 4.79 Å². The van der Waals surface area contributed by atoms with Crippen molar-refractivity contribution in [2.75, 3.05) is 12.8 Å². The average Bonchev–Trinajstić information content (AvgIpc) is 2.62. The smallest absolute Gasteiger partial charge is 0.255 e. The zero-order chi connectivity index (χ0) is 17.5. The number of nitriles is 1. The highest BCUT2D eigenvalue weighted by Gasteiger charge is 2.18. The van der Waals surface area contributed by atoms with Gasteiger partial charge in [-0.1, -0.05) is 29.8 Å². The number of carbonyl (C=O) groups excluding carboxylic acids is 1. The summed E-state index contributed by atoms with van der Waals surface area (Å²) in [5.74, 6) is -0.139. The molecule has 0 aromatic heterocycles. The lowest BCUT2D eigenvalue weighted by molar-refractivity contribution is 0.0762. The van der Waals surface area contributed by atoms with E-state index in [9.17, 15) is 4.79 Å². The molecule has 0 spiro atoms. The molecule has 2 aromatic rings. The maximum atomic E-state index is 12.9.